The molecular weight excluding hydrogens is 302 g/mol. The van der Waals surface area contributed by atoms with Crippen LogP contribution in [-0.4, -0.2) is 22.6 Å². The van der Waals surface area contributed by atoms with E-state index in [4.69, 9.17) is 10.5 Å². The van der Waals surface area contributed by atoms with Crippen molar-refractivity contribution in [2.45, 2.75) is 13.0 Å². The van der Waals surface area contributed by atoms with Crippen LogP contribution in [-0.2, 0) is 17.7 Å². The molecule has 1 heterocycles. The molecule has 5 heteroatoms. The number of nitrogen functional groups attached to an aromatic ring is 1. The minimum absolute atomic E-state index is 0.327. The third-order valence-electron chi connectivity index (χ3n) is 3.84. The van der Waals surface area contributed by atoms with E-state index >= 15 is 0 Å². The van der Waals surface area contributed by atoms with E-state index in [1.165, 1.54) is 7.11 Å². The zero-order chi connectivity index (χ0) is 16.9. The van der Waals surface area contributed by atoms with Crippen LogP contribution in [0.1, 0.15) is 27.3 Å². The second kappa shape index (κ2) is 7.00. The summed E-state index contributed by atoms with van der Waals surface area (Å²) >= 11 is 0. The van der Waals surface area contributed by atoms with Gasteiger partial charge in [-0.1, -0.05) is 24.3 Å². The van der Waals surface area contributed by atoms with Crippen molar-refractivity contribution in [3.05, 3.63) is 83.4 Å². The summed E-state index contributed by atoms with van der Waals surface area (Å²) in [5.41, 5.74) is 9.36. The van der Waals surface area contributed by atoms with Crippen molar-refractivity contribution >= 4 is 11.7 Å². The lowest BCUT2D eigenvalue weighted by Gasteiger charge is -2.09. The molecule has 2 aromatic carbocycles. The summed E-state index contributed by atoms with van der Waals surface area (Å²) in [5.74, 6) is 0.643. The van der Waals surface area contributed by atoms with Crippen molar-refractivity contribution < 1.29 is 9.53 Å². The Balaban J connectivity index is 1.74. The predicted octanol–water partition coefficient (Wildman–Crippen LogP) is 2.89. The molecule has 0 aliphatic rings. The summed E-state index contributed by atoms with van der Waals surface area (Å²) in [6, 6.07) is 15.2. The summed E-state index contributed by atoms with van der Waals surface area (Å²) in [5, 5.41) is 0. The van der Waals surface area contributed by atoms with Gasteiger partial charge in [-0.2, -0.15) is 0 Å². The van der Waals surface area contributed by atoms with Crippen molar-refractivity contribution in [1.29, 1.82) is 0 Å². The van der Waals surface area contributed by atoms with Crippen molar-refractivity contribution in [3.8, 4) is 0 Å². The molecule has 0 fully saturated rings. The largest absolute Gasteiger partial charge is 0.465 e. The van der Waals surface area contributed by atoms with Gasteiger partial charge in [0.1, 0.15) is 5.82 Å². The lowest BCUT2D eigenvalue weighted by atomic mass is 10.1. The lowest BCUT2D eigenvalue weighted by molar-refractivity contribution is 0.0600. The smallest absolute Gasteiger partial charge is 0.337 e. The molecule has 0 bridgehead atoms. The number of nitrogens with two attached hydrogens (primary N) is 1. The maximum absolute atomic E-state index is 11.5. The van der Waals surface area contributed by atoms with Crippen molar-refractivity contribution in [3.63, 3.8) is 0 Å². The SMILES string of the molecule is COC(=O)c1ccc(Cn2ccnc2Cc2cccc(N)c2)cc1. The number of esters is 1. The highest BCUT2D eigenvalue weighted by molar-refractivity contribution is 5.89. The normalized spacial score (nSPS) is 10.5. The van der Waals surface area contributed by atoms with Gasteiger partial charge < -0.3 is 15.0 Å². The van der Waals surface area contributed by atoms with E-state index in [9.17, 15) is 4.79 Å². The van der Waals surface area contributed by atoms with Crippen LogP contribution < -0.4 is 5.73 Å². The van der Waals surface area contributed by atoms with Crippen LogP contribution in [0.15, 0.2) is 60.9 Å². The van der Waals surface area contributed by atoms with Gasteiger partial charge >= 0.3 is 5.97 Å². The van der Waals surface area contributed by atoms with E-state index in [-0.39, 0.29) is 5.97 Å². The van der Waals surface area contributed by atoms with Gasteiger partial charge in [-0.05, 0) is 35.4 Å². The van der Waals surface area contributed by atoms with Crippen LogP contribution in [0.4, 0.5) is 5.69 Å². The molecule has 0 aliphatic heterocycles. The van der Waals surface area contributed by atoms with E-state index in [1.807, 2.05) is 42.6 Å². The Morgan fingerprint density at radius 3 is 2.67 bits per heavy atom. The Morgan fingerprint density at radius 2 is 1.96 bits per heavy atom. The fourth-order valence-electron chi connectivity index (χ4n) is 2.60. The van der Waals surface area contributed by atoms with Gasteiger partial charge in [0.2, 0.25) is 0 Å². The highest BCUT2D eigenvalue weighted by Gasteiger charge is 2.07. The Bertz CT molecular complexity index is 838. The van der Waals surface area contributed by atoms with Crippen LogP contribution in [0.2, 0.25) is 0 Å². The van der Waals surface area contributed by atoms with Gasteiger partial charge in [-0.25, -0.2) is 9.78 Å². The Morgan fingerprint density at radius 1 is 1.17 bits per heavy atom. The molecule has 0 radical (unpaired) electrons. The molecule has 0 unspecified atom stereocenters. The summed E-state index contributed by atoms with van der Waals surface area (Å²) in [6.07, 6.45) is 4.47. The van der Waals surface area contributed by atoms with E-state index in [2.05, 4.69) is 9.55 Å². The topological polar surface area (TPSA) is 70.1 Å². The molecule has 0 saturated carbocycles. The van der Waals surface area contributed by atoms with Crippen LogP contribution in [0.25, 0.3) is 0 Å². The molecule has 3 aromatic rings. The minimum atomic E-state index is -0.327. The second-order valence-electron chi connectivity index (χ2n) is 5.58. The number of benzene rings is 2. The number of carbonyl (C=O) groups excluding carboxylic acids is 1. The van der Waals surface area contributed by atoms with E-state index in [0.717, 1.165) is 29.1 Å². The zero-order valence-electron chi connectivity index (χ0n) is 13.5. The number of anilines is 1. The van der Waals surface area contributed by atoms with Crippen LogP contribution in [0.5, 0.6) is 0 Å². The molecule has 24 heavy (non-hydrogen) atoms. The van der Waals surface area contributed by atoms with Gasteiger partial charge in [0, 0.05) is 31.0 Å². The Hall–Kier alpha value is -3.08. The molecule has 5 nitrogen and oxygen atoms in total. The number of hydrogen-bond donors (Lipinski definition) is 1. The zero-order valence-corrected chi connectivity index (χ0v) is 13.5. The molecule has 2 N–H and O–H groups in total. The molecule has 0 aliphatic carbocycles. The molecule has 0 spiro atoms. The van der Waals surface area contributed by atoms with E-state index in [1.54, 1.807) is 18.3 Å². The summed E-state index contributed by atoms with van der Waals surface area (Å²) in [6.45, 7) is 0.694. The number of rotatable bonds is 5. The highest BCUT2D eigenvalue weighted by Crippen LogP contribution is 2.14. The molecule has 3 rings (SSSR count). The number of aromatic nitrogens is 2. The number of carbonyl (C=O) groups is 1. The number of nitrogens with zero attached hydrogens (tertiary/aromatic N) is 2. The first kappa shape index (κ1) is 15.8. The number of methoxy groups -OCH3 is 1. The first-order valence-electron chi connectivity index (χ1n) is 7.67. The fourth-order valence-corrected chi connectivity index (χ4v) is 2.60. The molecule has 0 amide bonds. The number of ether oxygens (including phenoxy) is 1. The highest BCUT2D eigenvalue weighted by atomic mass is 16.5. The predicted molar refractivity (Wildman–Crippen MR) is 92.8 cm³/mol. The summed E-state index contributed by atoms with van der Waals surface area (Å²) in [7, 11) is 1.38. The van der Waals surface area contributed by atoms with Crippen molar-refractivity contribution in [2.24, 2.45) is 0 Å². The third-order valence-corrected chi connectivity index (χ3v) is 3.84. The first-order chi connectivity index (χ1) is 11.7. The van der Waals surface area contributed by atoms with Crippen molar-refractivity contribution in [1.82, 2.24) is 9.55 Å². The van der Waals surface area contributed by atoms with Gasteiger partial charge in [-0.15, -0.1) is 0 Å². The van der Waals surface area contributed by atoms with Gasteiger partial charge in [0.15, 0.2) is 0 Å². The third kappa shape index (κ3) is 3.63. The quantitative estimate of drug-likeness (QED) is 0.579. The average Bonchev–Trinajstić information content (AvgIpc) is 3.01. The second-order valence-corrected chi connectivity index (χ2v) is 5.58. The maximum atomic E-state index is 11.5. The number of hydrogen-bond acceptors (Lipinski definition) is 4. The molecule has 0 saturated heterocycles. The number of imidazole rings is 1. The standard InChI is InChI=1S/C19H19N3O2/c1-24-19(23)16-7-5-14(6-8-16)13-22-10-9-21-18(22)12-15-3-2-4-17(20)11-15/h2-11H,12-13,20H2,1H3. The summed E-state index contributed by atoms with van der Waals surface area (Å²) in [4.78, 5) is 15.9. The minimum Gasteiger partial charge on any atom is -0.465 e. The van der Waals surface area contributed by atoms with Crippen molar-refractivity contribution in [2.75, 3.05) is 12.8 Å². The molecular formula is C19H19N3O2. The van der Waals surface area contributed by atoms with Gasteiger partial charge in [0.05, 0.1) is 12.7 Å². The first-order valence-corrected chi connectivity index (χ1v) is 7.67. The van der Waals surface area contributed by atoms with Gasteiger partial charge in [-0.3, -0.25) is 0 Å². The van der Waals surface area contributed by atoms with Crippen LogP contribution in [0.3, 0.4) is 0 Å². The maximum Gasteiger partial charge on any atom is 0.337 e. The monoisotopic (exact) mass is 321 g/mol. The Labute approximate surface area is 140 Å². The summed E-state index contributed by atoms with van der Waals surface area (Å²) < 4.78 is 6.81. The van der Waals surface area contributed by atoms with Crippen LogP contribution in [0, 0.1) is 0 Å². The lowest BCUT2D eigenvalue weighted by Crippen LogP contribution is -2.06. The molecule has 122 valence electrons. The van der Waals surface area contributed by atoms with Crippen LogP contribution >= 0.6 is 0 Å². The van der Waals surface area contributed by atoms with E-state index < -0.39 is 0 Å². The molecule has 1 aromatic heterocycles. The Kier molecular flexibility index (Phi) is 4.61. The average molecular weight is 321 g/mol. The van der Waals surface area contributed by atoms with E-state index in [0.29, 0.717) is 12.1 Å². The molecule has 0 atom stereocenters. The van der Waals surface area contributed by atoms with Gasteiger partial charge in [0.25, 0.3) is 0 Å². The fraction of sp³-hybridized carbons (Fsp3) is 0.158.